The van der Waals surface area contributed by atoms with Gasteiger partial charge in [-0.3, -0.25) is 4.79 Å². The first-order chi connectivity index (χ1) is 12.7. The highest BCUT2D eigenvalue weighted by molar-refractivity contribution is 6.13. The van der Waals surface area contributed by atoms with Crippen LogP contribution in [0.1, 0.15) is 15.9 Å². The van der Waals surface area contributed by atoms with Crippen molar-refractivity contribution in [3.8, 4) is 11.3 Å². The number of hydrogen-bond acceptors (Lipinski definition) is 2. The fourth-order valence-electron chi connectivity index (χ4n) is 3.02. The monoisotopic (exact) mass is 338 g/mol. The van der Waals surface area contributed by atoms with Gasteiger partial charge in [0.15, 0.2) is 0 Å². The molecule has 0 unspecified atom stereocenters. The minimum absolute atomic E-state index is 0.130. The molecule has 0 aliphatic carbocycles. The predicted molar refractivity (Wildman–Crippen MR) is 106 cm³/mol. The van der Waals surface area contributed by atoms with E-state index < -0.39 is 0 Å². The first-order valence-corrected chi connectivity index (χ1v) is 8.54. The molecule has 126 valence electrons. The van der Waals surface area contributed by atoms with E-state index in [1.54, 1.807) is 0 Å². The van der Waals surface area contributed by atoms with Crippen LogP contribution in [0.4, 0.5) is 5.69 Å². The number of hydrogen-bond donors (Lipinski definition) is 1. The number of anilines is 1. The zero-order chi connectivity index (χ0) is 17.9. The van der Waals surface area contributed by atoms with E-state index in [2.05, 4.69) is 5.32 Å². The van der Waals surface area contributed by atoms with Gasteiger partial charge in [0.05, 0.1) is 16.8 Å². The molecule has 0 saturated heterocycles. The Labute approximate surface area is 152 Å². The van der Waals surface area contributed by atoms with E-state index in [0.29, 0.717) is 5.56 Å². The van der Waals surface area contributed by atoms with Gasteiger partial charge in [-0.2, -0.15) is 0 Å². The summed E-state index contributed by atoms with van der Waals surface area (Å²) in [5.74, 6) is -0.130. The lowest BCUT2D eigenvalue weighted by atomic mass is 10.0. The average molecular weight is 338 g/mol. The topological polar surface area (TPSA) is 42.0 Å². The van der Waals surface area contributed by atoms with Gasteiger partial charge in [-0.05, 0) is 30.7 Å². The highest BCUT2D eigenvalue weighted by atomic mass is 16.1. The molecule has 1 N–H and O–H groups in total. The first-order valence-electron chi connectivity index (χ1n) is 8.54. The molecule has 0 atom stereocenters. The SMILES string of the molecule is Cc1ccccc1NC(=O)c1cc(-c2ccccc2)nc2ccccc12. The number of amides is 1. The lowest BCUT2D eigenvalue weighted by Gasteiger charge is -2.12. The van der Waals surface area contributed by atoms with Gasteiger partial charge in [0.2, 0.25) is 0 Å². The Kier molecular flexibility index (Phi) is 4.20. The fourth-order valence-corrected chi connectivity index (χ4v) is 3.02. The van der Waals surface area contributed by atoms with Gasteiger partial charge in [0, 0.05) is 16.6 Å². The summed E-state index contributed by atoms with van der Waals surface area (Å²) in [6.07, 6.45) is 0. The van der Waals surface area contributed by atoms with Crippen molar-refractivity contribution in [1.82, 2.24) is 4.98 Å². The summed E-state index contributed by atoms with van der Waals surface area (Å²) in [5.41, 5.74) is 5.06. The van der Waals surface area contributed by atoms with Crippen molar-refractivity contribution in [1.29, 1.82) is 0 Å². The van der Waals surface area contributed by atoms with Gasteiger partial charge in [-0.15, -0.1) is 0 Å². The average Bonchev–Trinajstić information content (AvgIpc) is 2.69. The molecule has 0 aliphatic heterocycles. The Bertz CT molecular complexity index is 1090. The molecule has 0 radical (unpaired) electrons. The third kappa shape index (κ3) is 3.07. The lowest BCUT2D eigenvalue weighted by molar-refractivity contribution is 0.102. The van der Waals surface area contributed by atoms with Crippen molar-refractivity contribution < 1.29 is 4.79 Å². The summed E-state index contributed by atoms with van der Waals surface area (Å²) in [6.45, 7) is 1.98. The normalized spacial score (nSPS) is 10.7. The number of benzene rings is 3. The molecule has 3 nitrogen and oxygen atoms in total. The van der Waals surface area contributed by atoms with E-state index >= 15 is 0 Å². The maximum Gasteiger partial charge on any atom is 0.256 e. The van der Waals surface area contributed by atoms with E-state index in [1.165, 1.54) is 0 Å². The number of nitrogens with one attached hydrogen (secondary N) is 1. The smallest absolute Gasteiger partial charge is 0.256 e. The second kappa shape index (κ2) is 6.81. The number of aryl methyl sites for hydroxylation is 1. The quantitative estimate of drug-likeness (QED) is 0.539. The third-order valence-electron chi connectivity index (χ3n) is 4.42. The van der Waals surface area contributed by atoms with Crippen LogP contribution in [0.3, 0.4) is 0 Å². The number of pyridine rings is 1. The molecule has 26 heavy (non-hydrogen) atoms. The molecule has 1 aromatic heterocycles. The van der Waals surface area contributed by atoms with Crippen LogP contribution in [-0.4, -0.2) is 10.9 Å². The van der Waals surface area contributed by atoms with E-state index in [1.807, 2.05) is 91.9 Å². The molecule has 1 heterocycles. The van der Waals surface area contributed by atoms with Crippen LogP contribution >= 0.6 is 0 Å². The molecule has 3 aromatic carbocycles. The van der Waals surface area contributed by atoms with Gasteiger partial charge in [-0.1, -0.05) is 66.7 Å². The number of carbonyl (C=O) groups excluding carboxylic acids is 1. The third-order valence-corrected chi connectivity index (χ3v) is 4.42. The number of para-hydroxylation sites is 2. The zero-order valence-corrected chi connectivity index (χ0v) is 14.4. The van der Waals surface area contributed by atoms with Crippen LogP contribution in [-0.2, 0) is 0 Å². The summed E-state index contributed by atoms with van der Waals surface area (Å²) < 4.78 is 0. The molecule has 3 heteroatoms. The van der Waals surface area contributed by atoms with Crippen molar-refractivity contribution in [2.75, 3.05) is 5.32 Å². The molecule has 0 fully saturated rings. The fraction of sp³-hybridized carbons (Fsp3) is 0.0435. The number of fused-ring (bicyclic) bond motifs is 1. The zero-order valence-electron chi connectivity index (χ0n) is 14.4. The summed E-state index contributed by atoms with van der Waals surface area (Å²) in [6, 6.07) is 27.3. The second-order valence-corrected chi connectivity index (χ2v) is 6.21. The number of aromatic nitrogens is 1. The minimum Gasteiger partial charge on any atom is -0.322 e. The van der Waals surface area contributed by atoms with E-state index in [4.69, 9.17) is 4.98 Å². The van der Waals surface area contributed by atoms with Crippen molar-refractivity contribution in [3.63, 3.8) is 0 Å². The first kappa shape index (κ1) is 16.0. The Balaban J connectivity index is 1.83. The Morgan fingerprint density at radius 3 is 2.35 bits per heavy atom. The van der Waals surface area contributed by atoms with Gasteiger partial charge in [0.1, 0.15) is 0 Å². The molecule has 0 aliphatic rings. The van der Waals surface area contributed by atoms with Gasteiger partial charge in [-0.25, -0.2) is 4.98 Å². The minimum atomic E-state index is -0.130. The maximum atomic E-state index is 13.0. The molecule has 1 amide bonds. The highest BCUT2D eigenvalue weighted by Gasteiger charge is 2.14. The number of carbonyl (C=O) groups is 1. The molecule has 0 spiro atoms. The molecular formula is C23H18N2O. The van der Waals surface area contributed by atoms with Crippen LogP contribution in [0.15, 0.2) is 84.9 Å². The Morgan fingerprint density at radius 2 is 1.54 bits per heavy atom. The summed E-state index contributed by atoms with van der Waals surface area (Å²) in [4.78, 5) is 17.8. The summed E-state index contributed by atoms with van der Waals surface area (Å²) in [7, 11) is 0. The second-order valence-electron chi connectivity index (χ2n) is 6.21. The predicted octanol–water partition coefficient (Wildman–Crippen LogP) is 5.46. The largest absolute Gasteiger partial charge is 0.322 e. The Hall–Kier alpha value is -3.46. The van der Waals surface area contributed by atoms with Crippen LogP contribution in [0.2, 0.25) is 0 Å². The van der Waals surface area contributed by atoms with Gasteiger partial charge >= 0.3 is 0 Å². The standard InChI is InChI=1S/C23H18N2O/c1-16-9-5-7-13-20(16)25-23(26)19-15-22(17-10-3-2-4-11-17)24-21-14-8-6-12-18(19)21/h2-15H,1H3,(H,25,26). The highest BCUT2D eigenvalue weighted by Crippen LogP contribution is 2.26. The number of nitrogens with zero attached hydrogens (tertiary/aromatic N) is 1. The van der Waals surface area contributed by atoms with Crippen LogP contribution < -0.4 is 5.32 Å². The summed E-state index contributed by atoms with van der Waals surface area (Å²) in [5, 5.41) is 3.88. The molecule has 0 saturated carbocycles. The summed E-state index contributed by atoms with van der Waals surface area (Å²) >= 11 is 0. The molecular weight excluding hydrogens is 320 g/mol. The van der Waals surface area contributed by atoms with Crippen molar-refractivity contribution in [3.05, 3.63) is 96.1 Å². The van der Waals surface area contributed by atoms with Gasteiger partial charge < -0.3 is 5.32 Å². The van der Waals surface area contributed by atoms with Crippen molar-refractivity contribution >= 4 is 22.5 Å². The molecule has 4 aromatic rings. The van der Waals surface area contributed by atoms with Crippen molar-refractivity contribution in [2.24, 2.45) is 0 Å². The van der Waals surface area contributed by atoms with E-state index in [-0.39, 0.29) is 5.91 Å². The van der Waals surface area contributed by atoms with Crippen molar-refractivity contribution in [2.45, 2.75) is 6.92 Å². The van der Waals surface area contributed by atoms with E-state index in [9.17, 15) is 4.79 Å². The number of rotatable bonds is 3. The molecule has 0 bridgehead atoms. The van der Waals surface area contributed by atoms with Crippen LogP contribution in [0, 0.1) is 6.92 Å². The van der Waals surface area contributed by atoms with Gasteiger partial charge in [0.25, 0.3) is 5.91 Å². The maximum absolute atomic E-state index is 13.0. The van der Waals surface area contributed by atoms with E-state index in [0.717, 1.165) is 33.4 Å². The van der Waals surface area contributed by atoms with Crippen LogP contribution in [0.25, 0.3) is 22.2 Å². The molecule has 4 rings (SSSR count). The lowest BCUT2D eigenvalue weighted by Crippen LogP contribution is -2.13. The Morgan fingerprint density at radius 1 is 0.846 bits per heavy atom. The van der Waals surface area contributed by atoms with Crippen LogP contribution in [0.5, 0.6) is 0 Å².